The van der Waals surface area contributed by atoms with E-state index in [1.54, 1.807) is 0 Å². The minimum Gasteiger partial charge on any atom is -0.491 e. The zero-order valence-corrected chi connectivity index (χ0v) is 18.9. The summed E-state index contributed by atoms with van der Waals surface area (Å²) in [6.45, 7) is 7.69. The van der Waals surface area contributed by atoms with Crippen LogP contribution in [0, 0.1) is 0 Å². The number of rotatable bonds is 10. The van der Waals surface area contributed by atoms with E-state index in [4.69, 9.17) is 4.74 Å². The number of benzene rings is 2. The van der Waals surface area contributed by atoms with Gasteiger partial charge < -0.3 is 9.84 Å². The summed E-state index contributed by atoms with van der Waals surface area (Å²) in [5.41, 5.74) is 5.27. The van der Waals surface area contributed by atoms with E-state index in [1.807, 2.05) is 24.5 Å². The molecule has 2 aromatic carbocycles. The second-order valence-corrected chi connectivity index (χ2v) is 8.52. The fourth-order valence-corrected chi connectivity index (χ4v) is 4.27. The normalized spacial score (nSPS) is 14.8. The van der Waals surface area contributed by atoms with Crippen molar-refractivity contribution in [3.8, 4) is 5.75 Å². The van der Waals surface area contributed by atoms with Crippen molar-refractivity contribution in [3.05, 3.63) is 95.3 Å². The molecule has 0 radical (unpaired) electrons. The smallest absolute Gasteiger partial charge is 0.119 e. The lowest BCUT2D eigenvalue weighted by molar-refractivity contribution is 0.0637. The number of β-amino-alcohol motifs (C(OH)–C–C–N with tert-alkyl or cyclic N) is 1. The average molecular weight is 432 g/mol. The first-order valence-electron chi connectivity index (χ1n) is 11.5. The third-order valence-corrected chi connectivity index (χ3v) is 6.03. The van der Waals surface area contributed by atoms with Crippen LogP contribution in [0.1, 0.15) is 29.2 Å². The molecule has 32 heavy (non-hydrogen) atoms. The van der Waals surface area contributed by atoms with Gasteiger partial charge in [0.15, 0.2) is 0 Å². The molecule has 0 amide bonds. The van der Waals surface area contributed by atoms with Gasteiger partial charge in [-0.05, 0) is 59.5 Å². The van der Waals surface area contributed by atoms with Crippen molar-refractivity contribution in [2.75, 3.05) is 26.2 Å². The Morgan fingerprint density at radius 3 is 2.59 bits per heavy atom. The molecule has 0 saturated carbocycles. The van der Waals surface area contributed by atoms with Crippen molar-refractivity contribution in [3.63, 3.8) is 0 Å². The minimum atomic E-state index is -0.511. The number of nitrogens with zero attached hydrogens (tertiary/aromatic N) is 3. The zero-order valence-electron chi connectivity index (χ0n) is 18.9. The van der Waals surface area contributed by atoms with Crippen LogP contribution in [-0.2, 0) is 26.1 Å². The van der Waals surface area contributed by atoms with Gasteiger partial charge in [0.05, 0.1) is 0 Å². The summed E-state index contributed by atoms with van der Waals surface area (Å²) in [5, 5.41) is 10.5. The maximum absolute atomic E-state index is 10.5. The van der Waals surface area contributed by atoms with Crippen LogP contribution in [0.2, 0.25) is 0 Å². The van der Waals surface area contributed by atoms with Crippen molar-refractivity contribution in [1.82, 2.24) is 14.8 Å². The highest BCUT2D eigenvalue weighted by atomic mass is 16.5. The number of ether oxygens (including phenoxy) is 1. The Kier molecular flexibility index (Phi) is 7.88. The molecule has 5 nitrogen and oxygen atoms in total. The number of hydrogen-bond donors (Lipinski definition) is 1. The molecule has 0 unspecified atom stereocenters. The molecule has 2 heterocycles. The molecule has 1 aliphatic heterocycles. The summed E-state index contributed by atoms with van der Waals surface area (Å²) in [5.74, 6) is 0.811. The maximum Gasteiger partial charge on any atom is 0.119 e. The molecule has 0 spiro atoms. The van der Waals surface area contributed by atoms with E-state index >= 15 is 0 Å². The standard InChI is InChI=1S/C27H33N3O2/c1-2-29(17-22-10-13-28-14-11-22)18-23-6-5-9-27(16-23)32-21-26(31)20-30-15-12-24-7-3-4-8-25(24)19-30/h3-11,13-14,16,26,31H,2,12,15,17-21H2,1H3/t26-/m1/s1. The Labute approximate surface area is 191 Å². The van der Waals surface area contributed by atoms with Gasteiger partial charge in [-0.1, -0.05) is 43.3 Å². The molecular formula is C27H33N3O2. The first-order chi connectivity index (χ1) is 15.7. The van der Waals surface area contributed by atoms with Crippen LogP contribution in [0.3, 0.4) is 0 Å². The minimum absolute atomic E-state index is 0.302. The first-order valence-corrected chi connectivity index (χ1v) is 11.5. The highest BCUT2D eigenvalue weighted by Gasteiger charge is 2.18. The van der Waals surface area contributed by atoms with Crippen LogP contribution in [-0.4, -0.2) is 52.2 Å². The number of hydrogen-bond acceptors (Lipinski definition) is 5. The van der Waals surface area contributed by atoms with Crippen molar-refractivity contribution < 1.29 is 9.84 Å². The topological polar surface area (TPSA) is 48.8 Å². The lowest BCUT2D eigenvalue weighted by atomic mass is 10.00. The van der Waals surface area contributed by atoms with Gasteiger partial charge in [0.25, 0.3) is 0 Å². The highest BCUT2D eigenvalue weighted by Crippen LogP contribution is 2.19. The summed E-state index contributed by atoms with van der Waals surface area (Å²) in [7, 11) is 0. The van der Waals surface area contributed by atoms with Gasteiger partial charge >= 0.3 is 0 Å². The summed E-state index contributed by atoms with van der Waals surface area (Å²) < 4.78 is 5.95. The Morgan fingerprint density at radius 2 is 1.78 bits per heavy atom. The van der Waals surface area contributed by atoms with E-state index in [2.05, 4.69) is 70.2 Å². The van der Waals surface area contributed by atoms with Crippen molar-refractivity contribution >= 4 is 0 Å². The summed E-state index contributed by atoms with van der Waals surface area (Å²) in [4.78, 5) is 8.79. The van der Waals surface area contributed by atoms with E-state index in [0.29, 0.717) is 13.2 Å². The molecule has 3 aromatic rings. The first kappa shape index (κ1) is 22.5. The van der Waals surface area contributed by atoms with E-state index in [1.165, 1.54) is 22.3 Å². The zero-order chi connectivity index (χ0) is 22.2. The van der Waals surface area contributed by atoms with E-state index in [9.17, 15) is 5.11 Å². The lowest BCUT2D eigenvalue weighted by Gasteiger charge is -2.30. The molecule has 4 rings (SSSR count). The fourth-order valence-electron chi connectivity index (χ4n) is 4.27. The molecular weight excluding hydrogens is 398 g/mol. The van der Waals surface area contributed by atoms with Gasteiger partial charge in [0.1, 0.15) is 18.5 Å². The van der Waals surface area contributed by atoms with Crippen LogP contribution < -0.4 is 4.74 Å². The predicted molar refractivity (Wildman–Crippen MR) is 127 cm³/mol. The molecule has 1 atom stereocenters. The number of aliphatic hydroxyl groups excluding tert-OH is 1. The Bertz CT molecular complexity index is 979. The molecule has 0 saturated heterocycles. The van der Waals surface area contributed by atoms with E-state index in [-0.39, 0.29) is 0 Å². The van der Waals surface area contributed by atoms with Gasteiger partial charge in [0, 0.05) is 45.1 Å². The molecule has 0 bridgehead atoms. The quantitative estimate of drug-likeness (QED) is 0.528. The maximum atomic E-state index is 10.5. The summed E-state index contributed by atoms with van der Waals surface area (Å²) in [6.07, 6.45) is 4.21. The molecule has 5 heteroatoms. The molecule has 0 fully saturated rings. The molecule has 1 aliphatic rings. The Hall–Kier alpha value is -2.73. The van der Waals surface area contributed by atoms with Gasteiger partial charge in [-0.15, -0.1) is 0 Å². The SMILES string of the molecule is CCN(Cc1ccncc1)Cc1cccc(OC[C@H](O)CN2CCc3ccccc3C2)c1. The van der Waals surface area contributed by atoms with Crippen LogP contribution in [0.15, 0.2) is 73.1 Å². The van der Waals surface area contributed by atoms with Crippen molar-refractivity contribution in [2.45, 2.75) is 39.1 Å². The Balaban J connectivity index is 1.26. The number of aromatic nitrogens is 1. The second-order valence-electron chi connectivity index (χ2n) is 8.52. The van der Waals surface area contributed by atoms with Crippen LogP contribution in [0.4, 0.5) is 0 Å². The molecule has 168 valence electrons. The largest absolute Gasteiger partial charge is 0.491 e. The lowest BCUT2D eigenvalue weighted by Crippen LogP contribution is -2.38. The Morgan fingerprint density at radius 1 is 1.00 bits per heavy atom. The van der Waals surface area contributed by atoms with Crippen LogP contribution >= 0.6 is 0 Å². The highest BCUT2D eigenvalue weighted by molar-refractivity contribution is 5.30. The van der Waals surface area contributed by atoms with Gasteiger partial charge in [-0.2, -0.15) is 0 Å². The van der Waals surface area contributed by atoms with Gasteiger partial charge in [-0.3, -0.25) is 14.8 Å². The monoisotopic (exact) mass is 431 g/mol. The third-order valence-electron chi connectivity index (χ3n) is 6.03. The molecule has 1 aromatic heterocycles. The summed E-state index contributed by atoms with van der Waals surface area (Å²) in [6, 6.07) is 20.9. The van der Waals surface area contributed by atoms with E-state index < -0.39 is 6.10 Å². The van der Waals surface area contributed by atoms with Crippen molar-refractivity contribution in [2.24, 2.45) is 0 Å². The average Bonchev–Trinajstić information content (AvgIpc) is 2.83. The second kappa shape index (κ2) is 11.2. The molecule has 1 N–H and O–H groups in total. The number of aliphatic hydroxyl groups is 1. The fraction of sp³-hybridized carbons (Fsp3) is 0.370. The van der Waals surface area contributed by atoms with Gasteiger partial charge in [-0.25, -0.2) is 0 Å². The summed E-state index contributed by atoms with van der Waals surface area (Å²) >= 11 is 0. The molecule has 0 aliphatic carbocycles. The van der Waals surface area contributed by atoms with Crippen LogP contribution in [0.25, 0.3) is 0 Å². The third kappa shape index (κ3) is 6.39. The van der Waals surface area contributed by atoms with Crippen LogP contribution in [0.5, 0.6) is 5.75 Å². The van der Waals surface area contributed by atoms with Gasteiger partial charge in [0.2, 0.25) is 0 Å². The number of pyridine rings is 1. The number of fused-ring (bicyclic) bond motifs is 1. The van der Waals surface area contributed by atoms with Crippen molar-refractivity contribution in [1.29, 1.82) is 0 Å². The predicted octanol–water partition coefficient (Wildman–Crippen LogP) is 3.90. The van der Waals surface area contributed by atoms with E-state index in [0.717, 1.165) is 44.9 Å².